The number of unbranched alkanes of at least 4 members (excludes halogenated alkanes) is 1. The fourth-order valence-electron chi connectivity index (χ4n) is 4.01. The third kappa shape index (κ3) is 2.95. The van der Waals surface area contributed by atoms with Crippen molar-refractivity contribution in [2.24, 2.45) is 0 Å². The van der Waals surface area contributed by atoms with Crippen molar-refractivity contribution in [2.75, 3.05) is 13.7 Å². The van der Waals surface area contributed by atoms with Gasteiger partial charge in [0, 0.05) is 23.0 Å². The number of carbonyl (C=O) groups is 1. The molecule has 2 heterocycles. The van der Waals surface area contributed by atoms with Crippen LogP contribution in [0.1, 0.15) is 56.8 Å². The number of esters is 1. The number of methoxy groups -OCH3 is 1. The summed E-state index contributed by atoms with van der Waals surface area (Å²) in [6.07, 6.45) is 5.11. The molecule has 0 unspecified atom stereocenters. The van der Waals surface area contributed by atoms with Crippen molar-refractivity contribution < 1.29 is 9.53 Å². The quantitative estimate of drug-likeness (QED) is 0.808. The van der Waals surface area contributed by atoms with Crippen molar-refractivity contribution in [3.63, 3.8) is 0 Å². The lowest BCUT2D eigenvalue weighted by Gasteiger charge is -2.40. The van der Waals surface area contributed by atoms with Gasteiger partial charge >= 0.3 is 5.97 Å². The van der Waals surface area contributed by atoms with Gasteiger partial charge in [-0.25, -0.2) is 0 Å². The number of nitrogens with one attached hydrogen (secondary N) is 1. The van der Waals surface area contributed by atoms with Crippen LogP contribution in [0.4, 0.5) is 0 Å². The van der Waals surface area contributed by atoms with Gasteiger partial charge in [0.15, 0.2) is 0 Å². The second-order valence-corrected chi connectivity index (χ2v) is 6.70. The Labute approximate surface area is 144 Å². The van der Waals surface area contributed by atoms with Gasteiger partial charge in [-0.1, -0.05) is 44.9 Å². The van der Waals surface area contributed by atoms with Gasteiger partial charge in [-0.05, 0) is 31.0 Å². The molecule has 2 atom stereocenters. The van der Waals surface area contributed by atoms with E-state index in [0.717, 1.165) is 38.6 Å². The Balaban J connectivity index is 2.08. The minimum absolute atomic E-state index is 0.108. The fraction of sp³-hybridized carbons (Fsp3) is 0.550. The molecule has 24 heavy (non-hydrogen) atoms. The maximum Gasteiger partial charge on any atom is 0.323 e. The maximum absolute atomic E-state index is 12.5. The molecule has 1 aliphatic heterocycles. The minimum atomic E-state index is -0.176. The predicted molar refractivity (Wildman–Crippen MR) is 97.1 cm³/mol. The van der Waals surface area contributed by atoms with E-state index in [2.05, 4.69) is 48.0 Å². The molecule has 0 fully saturated rings. The lowest BCUT2D eigenvalue weighted by atomic mass is 9.89. The smallest absolute Gasteiger partial charge is 0.323 e. The van der Waals surface area contributed by atoms with E-state index in [-0.39, 0.29) is 18.1 Å². The molecule has 2 aromatic rings. The minimum Gasteiger partial charge on any atom is -0.468 e. The summed E-state index contributed by atoms with van der Waals surface area (Å²) >= 11 is 0. The van der Waals surface area contributed by atoms with Gasteiger partial charge in [0.2, 0.25) is 0 Å². The highest BCUT2D eigenvalue weighted by atomic mass is 16.5. The maximum atomic E-state index is 12.5. The van der Waals surface area contributed by atoms with Crippen LogP contribution in [-0.2, 0) is 16.0 Å². The molecule has 1 aromatic heterocycles. The number of carbonyl (C=O) groups excluding carboxylic acids is 1. The van der Waals surface area contributed by atoms with Gasteiger partial charge in [0.25, 0.3) is 0 Å². The summed E-state index contributed by atoms with van der Waals surface area (Å²) in [7, 11) is 1.50. The number of aromatic amines is 1. The van der Waals surface area contributed by atoms with Crippen LogP contribution in [0.5, 0.6) is 0 Å². The Morgan fingerprint density at radius 1 is 1.29 bits per heavy atom. The van der Waals surface area contributed by atoms with E-state index >= 15 is 0 Å². The molecule has 0 spiro atoms. The van der Waals surface area contributed by atoms with E-state index in [1.165, 1.54) is 29.3 Å². The summed E-state index contributed by atoms with van der Waals surface area (Å²) in [5, 5.41) is 1.25. The topological polar surface area (TPSA) is 45.3 Å². The van der Waals surface area contributed by atoms with E-state index in [0.29, 0.717) is 0 Å². The van der Waals surface area contributed by atoms with Gasteiger partial charge in [-0.3, -0.25) is 9.69 Å². The van der Waals surface area contributed by atoms with Gasteiger partial charge in [0.1, 0.15) is 6.04 Å². The summed E-state index contributed by atoms with van der Waals surface area (Å²) in [4.78, 5) is 18.5. The van der Waals surface area contributed by atoms with Crippen LogP contribution < -0.4 is 0 Å². The third-order valence-corrected chi connectivity index (χ3v) is 5.18. The first-order valence-electron chi connectivity index (χ1n) is 9.14. The summed E-state index contributed by atoms with van der Waals surface area (Å²) in [5.41, 5.74) is 3.77. The standard InChI is InChI=1S/C20H28N2O2/c1-4-6-12-22-17(9-5-2)19-15(13-18(22)20(23)24-3)14-10-7-8-11-16(14)21-19/h7-8,10-11,17-18,21H,4-6,9,12-13H2,1-3H3/t17-,18+/m1/s1. The fourth-order valence-corrected chi connectivity index (χ4v) is 4.01. The Morgan fingerprint density at radius 3 is 2.79 bits per heavy atom. The number of hydrogen-bond donors (Lipinski definition) is 1. The van der Waals surface area contributed by atoms with Gasteiger partial charge < -0.3 is 9.72 Å². The summed E-state index contributed by atoms with van der Waals surface area (Å²) < 4.78 is 5.14. The predicted octanol–water partition coefficient (Wildman–Crippen LogP) is 4.21. The van der Waals surface area contributed by atoms with Crippen molar-refractivity contribution in [1.82, 2.24) is 9.88 Å². The number of para-hydroxylation sites is 1. The number of benzene rings is 1. The molecule has 1 N–H and O–H groups in total. The zero-order chi connectivity index (χ0) is 17.1. The highest BCUT2D eigenvalue weighted by Gasteiger charge is 2.39. The second-order valence-electron chi connectivity index (χ2n) is 6.70. The van der Waals surface area contributed by atoms with Crippen molar-refractivity contribution in [3.05, 3.63) is 35.5 Å². The number of rotatable bonds is 6. The molecule has 0 saturated carbocycles. The Hall–Kier alpha value is -1.81. The largest absolute Gasteiger partial charge is 0.468 e. The Bertz CT molecular complexity index is 707. The van der Waals surface area contributed by atoms with Crippen LogP contribution in [-0.4, -0.2) is 35.5 Å². The van der Waals surface area contributed by atoms with E-state index in [4.69, 9.17) is 4.74 Å². The molecule has 3 rings (SSSR count). The van der Waals surface area contributed by atoms with Crippen molar-refractivity contribution in [3.8, 4) is 0 Å². The monoisotopic (exact) mass is 328 g/mol. The van der Waals surface area contributed by atoms with E-state index in [1.807, 2.05) is 0 Å². The van der Waals surface area contributed by atoms with E-state index in [9.17, 15) is 4.79 Å². The molecule has 130 valence electrons. The summed E-state index contributed by atoms with van der Waals surface area (Å²) in [6.45, 7) is 5.35. The molecule has 1 aliphatic rings. The Kier molecular flexibility index (Phi) is 5.24. The number of ether oxygens (including phenoxy) is 1. The first-order valence-corrected chi connectivity index (χ1v) is 9.14. The van der Waals surface area contributed by atoms with Gasteiger partial charge in [-0.2, -0.15) is 0 Å². The average molecular weight is 328 g/mol. The van der Waals surface area contributed by atoms with Crippen molar-refractivity contribution in [1.29, 1.82) is 0 Å². The van der Waals surface area contributed by atoms with Crippen molar-refractivity contribution >= 4 is 16.9 Å². The third-order valence-electron chi connectivity index (χ3n) is 5.18. The molecule has 0 radical (unpaired) electrons. The average Bonchev–Trinajstić information content (AvgIpc) is 2.98. The molecule has 1 aromatic carbocycles. The summed E-state index contributed by atoms with van der Waals surface area (Å²) in [6, 6.07) is 8.50. The SMILES string of the molecule is CCCCN1[C@H](CCC)c2[nH]c3ccccc3c2C[C@H]1C(=O)OC. The normalized spacial score (nSPS) is 21.0. The number of hydrogen-bond acceptors (Lipinski definition) is 3. The first-order chi connectivity index (χ1) is 11.7. The van der Waals surface area contributed by atoms with Gasteiger partial charge in [0.05, 0.1) is 13.2 Å². The van der Waals surface area contributed by atoms with Crippen LogP contribution >= 0.6 is 0 Å². The molecule has 0 amide bonds. The van der Waals surface area contributed by atoms with Gasteiger partial charge in [-0.15, -0.1) is 0 Å². The van der Waals surface area contributed by atoms with Crippen LogP contribution in [0.25, 0.3) is 10.9 Å². The lowest BCUT2D eigenvalue weighted by Crippen LogP contribution is -2.49. The highest BCUT2D eigenvalue weighted by molar-refractivity contribution is 5.87. The zero-order valence-corrected chi connectivity index (χ0v) is 15.0. The molecular weight excluding hydrogens is 300 g/mol. The first kappa shape index (κ1) is 17.0. The number of fused-ring (bicyclic) bond motifs is 3. The second kappa shape index (κ2) is 7.39. The highest BCUT2D eigenvalue weighted by Crippen LogP contribution is 2.39. The van der Waals surface area contributed by atoms with Crippen LogP contribution in [0.3, 0.4) is 0 Å². The summed E-state index contributed by atoms with van der Waals surface area (Å²) in [5.74, 6) is -0.108. The zero-order valence-electron chi connectivity index (χ0n) is 15.0. The molecule has 0 aliphatic carbocycles. The number of H-pyrrole nitrogens is 1. The number of aromatic nitrogens is 1. The molecular formula is C20H28N2O2. The molecule has 4 heteroatoms. The lowest BCUT2D eigenvalue weighted by molar-refractivity contribution is -0.148. The number of nitrogens with zero attached hydrogens (tertiary/aromatic N) is 1. The van der Waals surface area contributed by atoms with E-state index < -0.39 is 0 Å². The Morgan fingerprint density at radius 2 is 2.08 bits per heavy atom. The van der Waals surface area contributed by atoms with Crippen LogP contribution in [0, 0.1) is 0 Å². The molecule has 4 nitrogen and oxygen atoms in total. The molecule has 0 saturated heterocycles. The van der Waals surface area contributed by atoms with Crippen LogP contribution in [0.15, 0.2) is 24.3 Å². The van der Waals surface area contributed by atoms with Crippen molar-refractivity contribution in [2.45, 2.75) is 58.0 Å². The molecule has 0 bridgehead atoms. The van der Waals surface area contributed by atoms with Crippen LogP contribution in [0.2, 0.25) is 0 Å². The van der Waals surface area contributed by atoms with E-state index in [1.54, 1.807) is 0 Å².